The number of rotatable bonds is 6. The second-order valence-electron chi connectivity index (χ2n) is 13.0. The number of carbonyl (C=O) groups excluding carboxylic acids is 2. The van der Waals surface area contributed by atoms with Crippen LogP contribution in [0.4, 0.5) is 9.18 Å². The molecule has 1 atom stereocenters. The Bertz CT molecular complexity index is 1160. The van der Waals surface area contributed by atoms with Crippen molar-refractivity contribution in [3.8, 4) is 0 Å². The van der Waals surface area contributed by atoms with Crippen molar-refractivity contribution in [2.45, 2.75) is 95.2 Å². The van der Waals surface area contributed by atoms with Crippen LogP contribution in [0.1, 0.15) is 65.0 Å². The van der Waals surface area contributed by atoms with Crippen molar-refractivity contribution < 1.29 is 19.1 Å². The third-order valence-corrected chi connectivity index (χ3v) is 12.2. The number of carbonyl (C=O) groups is 2. The molecule has 2 aliphatic heterocycles. The Morgan fingerprint density at radius 1 is 1.24 bits per heavy atom. The standard InChI is InChI=1S/C28H41FN4O3Si/c1-26(2,36)15-22(18-10-8-11-19(29)14-18)31-25(35)33-17-20-21(27(33,3)4)16-30-23(20)32-24(34)28(12-9-13-28)37(5,6)7/h8,10-11,14,22,36H,9,12-13,15-17H2,1-7H3,(H,31,35)(H,30,32,34)/t22-/m1/s1. The largest absolute Gasteiger partial charge is 0.390 e. The summed E-state index contributed by atoms with van der Waals surface area (Å²) in [6.07, 6.45) is 3.16. The minimum Gasteiger partial charge on any atom is -0.390 e. The number of aliphatic hydroxyl groups is 1. The van der Waals surface area contributed by atoms with E-state index in [1.807, 2.05) is 13.8 Å². The Hall–Kier alpha value is -2.52. The number of nitrogens with zero attached hydrogens (tertiary/aromatic N) is 2. The Balaban J connectivity index is 1.51. The third-order valence-electron chi connectivity index (χ3n) is 8.58. The van der Waals surface area contributed by atoms with Crippen LogP contribution in [0.3, 0.4) is 0 Å². The minimum absolute atomic E-state index is 0.0717. The Morgan fingerprint density at radius 3 is 2.46 bits per heavy atom. The van der Waals surface area contributed by atoms with Gasteiger partial charge in [-0.1, -0.05) is 38.2 Å². The topological polar surface area (TPSA) is 94.0 Å². The molecule has 1 aromatic carbocycles. The zero-order chi connectivity index (χ0) is 27.4. The minimum atomic E-state index is -1.73. The summed E-state index contributed by atoms with van der Waals surface area (Å²) in [6.45, 7) is 14.8. The fourth-order valence-corrected chi connectivity index (χ4v) is 8.56. The molecule has 0 radical (unpaired) electrons. The number of nitrogens with one attached hydrogen (secondary N) is 2. The summed E-state index contributed by atoms with van der Waals surface area (Å²) in [6, 6.07) is 5.22. The Labute approximate surface area is 220 Å². The molecule has 4 rings (SSSR count). The molecule has 1 fully saturated rings. The van der Waals surface area contributed by atoms with Crippen LogP contribution in [0.15, 0.2) is 40.4 Å². The summed E-state index contributed by atoms with van der Waals surface area (Å²) < 4.78 is 14.0. The molecule has 0 spiro atoms. The molecule has 0 bridgehead atoms. The molecule has 7 nitrogen and oxygen atoms in total. The SMILES string of the molecule is CC(C)(O)C[C@@H](NC(=O)N1CC2=C(CN=C2NC(=O)C2([Si](C)(C)C)CCC2)C1(C)C)c1cccc(F)c1. The monoisotopic (exact) mass is 528 g/mol. The first kappa shape index (κ1) is 27.5. The van der Waals surface area contributed by atoms with Crippen molar-refractivity contribution in [1.29, 1.82) is 0 Å². The van der Waals surface area contributed by atoms with Crippen molar-refractivity contribution in [3.05, 3.63) is 46.8 Å². The number of amides is 3. The average molecular weight is 529 g/mol. The molecule has 3 amide bonds. The van der Waals surface area contributed by atoms with E-state index in [4.69, 9.17) is 0 Å². The van der Waals surface area contributed by atoms with E-state index in [2.05, 4.69) is 35.3 Å². The molecular formula is C28H41FN4O3Si. The van der Waals surface area contributed by atoms with Gasteiger partial charge in [-0.2, -0.15) is 0 Å². The molecular weight excluding hydrogens is 487 g/mol. The van der Waals surface area contributed by atoms with Crippen LogP contribution in [0.2, 0.25) is 24.7 Å². The number of halogens is 1. The lowest BCUT2D eigenvalue weighted by atomic mass is 9.83. The van der Waals surface area contributed by atoms with Gasteiger partial charge in [0.05, 0.1) is 38.3 Å². The van der Waals surface area contributed by atoms with Gasteiger partial charge in [0.2, 0.25) is 5.91 Å². The zero-order valence-corrected chi connectivity index (χ0v) is 24.2. The van der Waals surface area contributed by atoms with Crippen molar-refractivity contribution in [2.75, 3.05) is 13.1 Å². The van der Waals surface area contributed by atoms with Crippen LogP contribution in [0.5, 0.6) is 0 Å². The van der Waals surface area contributed by atoms with Gasteiger partial charge in [0, 0.05) is 17.0 Å². The molecule has 1 saturated carbocycles. The van der Waals surface area contributed by atoms with Gasteiger partial charge in [-0.15, -0.1) is 0 Å². The van der Waals surface area contributed by atoms with Gasteiger partial charge in [0.25, 0.3) is 0 Å². The van der Waals surface area contributed by atoms with E-state index >= 15 is 0 Å². The predicted octanol–water partition coefficient (Wildman–Crippen LogP) is 4.92. The lowest BCUT2D eigenvalue weighted by molar-refractivity contribution is -0.125. The quantitative estimate of drug-likeness (QED) is 0.458. The van der Waals surface area contributed by atoms with E-state index in [1.54, 1.807) is 30.9 Å². The van der Waals surface area contributed by atoms with Gasteiger partial charge in [0.1, 0.15) is 11.7 Å². The maximum atomic E-state index is 14.0. The molecule has 9 heteroatoms. The van der Waals surface area contributed by atoms with Crippen LogP contribution >= 0.6 is 0 Å². The van der Waals surface area contributed by atoms with Crippen LogP contribution < -0.4 is 10.6 Å². The summed E-state index contributed by atoms with van der Waals surface area (Å²) in [5.74, 6) is 0.266. The van der Waals surface area contributed by atoms with Crippen LogP contribution in [0.25, 0.3) is 0 Å². The Kier molecular flexibility index (Phi) is 6.95. The van der Waals surface area contributed by atoms with E-state index < -0.39 is 31.1 Å². The highest BCUT2D eigenvalue weighted by Crippen LogP contribution is 2.55. The van der Waals surface area contributed by atoms with Crippen molar-refractivity contribution in [2.24, 2.45) is 4.99 Å². The lowest BCUT2D eigenvalue weighted by Crippen LogP contribution is -2.55. The highest BCUT2D eigenvalue weighted by atomic mass is 28.3. The summed E-state index contributed by atoms with van der Waals surface area (Å²) in [7, 11) is -1.73. The molecule has 37 heavy (non-hydrogen) atoms. The highest BCUT2D eigenvalue weighted by Gasteiger charge is 2.54. The first-order valence-electron chi connectivity index (χ1n) is 13.2. The van der Waals surface area contributed by atoms with E-state index in [1.165, 1.54) is 12.1 Å². The number of urea groups is 1. The van der Waals surface area contributed by atoms with Crippen molar-refractivity contribution in [1.82, 2.24) is 15.5 Å². The van der Waals surface area contributed by atoms with Crippen molar-refractivity contribution in [3.63, 3.8) is 0 Å². The summed E-state index contributed by atoms with van der Waals surface area (Å²) in [5, 5.41) is 16.4. The molecule has 1 aromatic rings. The van der Waals surface area contributed by atoms with Gasteiger partial charge in [-0.3, -0.25) is 9.79 Å². The fourth-order valence-electron chi connectivity index (χ4n) is 5.96. The second-order valence-corrected chi connectivity index (χ2v) is 18.4. The predicted molar refractivity (Wildman–Crippen MR) is 147 cm³/mol. The van der Waals surface area contributed by atoms with Crippen LogP contribution in [0, 0.1) is 5.82 Å². The number of benzene rings is 1. The van der Waals surface area contributed by atoms with E-state index in [-0.39, 0.29) is 23.4 Å². The van der Waals surface area contributed by atoms with Crippen LogP contribution in [-0.2, 0) is 4.79 Å². The van der Waals surface area contributed by atoms with E-state index in [0.717, 1.165) is 30.4 Å². The summed E-state index contributed by atoms with van der Waals surface area (Å²) >= 11 is 0. The number of aliphatic imine (C=N–C) groups is 1. The highest BCUT2D eigenvalue weighted by molar-refractivity contribution is 6.82. The number of hydrogen-bond acceptors (Lipinski definition) is 4. The first-order chi connectivity index (χ1) is 17.0. The normalized spacial score (nSPS) is 21.2. The molecule has 3 aliphatic rings. The molecule has 0 saturated heterocycles. The van der Waals surface area contributed by atoms with Crippen LogP contribution in [-0.4, -0.2) is 60.1 Å². The maximum Gasteiger partial charge on any atom is 0.318 e. The number of hydrogen-bond donors (Lipinski definition) is 3. The molecule has 2 heterocycles. The maximum absolute atomic E-state index is 14.0. The molecule has 0 unspecified atom stereocenters. The Morgan fingerprint density at radius 2 is 1.92 bits per heavy atom. The summed E-state index contributed by atoms with van der Waals surface area (Å²) in [5.41, 5.74) is 0.855. The van der Waals surface area contributed by atoms with E-state index in [0.29, 0.717) is 24.5 Å². The lowest BCUT2D eigenvalue weighted by Gasteiger charge is -2.49. The average Bonchev–Trinajstić information content (AvgIpc) is 3.22. The second kappa shape index (κ2) is 9.34. The third kappa shape index (κ3) is 5.12. The number of amidine groups is 1. The first-order valence-corrected chi connectivity index (χ1v) is 16.7. The van der Waals surface area contributed by atoms with Gasteiger partial charge in [0.15, 0.2) is 0 Å². The molecule has 0 aromatic heterocycles. The molecule has 1 aliphatic carbocycles. The van der Waals surface area contributed by atoms with E-state index in [9.17, 15) is 19.1 Å². The zero-order valence-electron chi connectivity index (χ0n) is 23.2. The molecule has 3 N–H and O–H groups in total. The summed E-state index contributed by atoms with van der Waals surface area (Å²) in [4.78, 5) is 33.5. The van der Waals surface area contributed by atoms with Crippen molar-refractivity contribution >= 4 is 25.8 Å². The van der Waals surface area contributed by atoms with Gasteiger partial charge < -0.3 is 20.6 Å². The van der Waals surface area contributed by atoms with Gasteiger partial charge >= 0.3 is 6.03 Å². The molecule has 202 valence electrons. The van der Waals surface area contributed by atoms with Gasteiger partial charge in [-0.05, 0) is 63.8 Å². The fraction of sp³-hybridized carbons (Fsp3) is 0.607. The smallest absolute Gasteiger partial charge is 0.318 e. The van der Waals surface area contributed by atoms with Gasteiger partial charge in [-0.25, -0.2) is 9.18 Å².